The number of sulfonamides is 1. The van der Waals surface area contributed by atoms with Crippen molar-refractivity contribution in [2.75, 3.05) is 26.8 Å². The first kappa shape index (κ1) is 16.9. The summed E-state index contributed by atoms with van der Waals surface area (Å²) in [7, 11) is -2.08. The van der Waals surface area contributed by atoms with Gasteiger partial charge < -0.3 is 9.84 Å². The molecular weight excluding hydrogens is 358 g/mol. The number of ether oxygens (including phenoxy) is 1. The molecule has 0 atom stereocenters. The van der Waals surface area contributed by atoms with Gasteiger partial charge in [-0.05, 0) is 17.7 Å². The lowest BCUT2D eigenvalue weighted by Gasteiger charge is -2.35. The SMILES string of the molecule is CN(CC1(O)CCOCC1)S(=O)(=O)c1ccc(CBr)cc1. The van der Waals surface area contributed by atoms with Crippen LogP contribution >= 0.6 is 15.9 Å². The normalized spacial score (nSPS) is 18.9. The molecule has 1 heterocycles. The molecular formula is C14H20BrNO4S. The molecule has 0 unspecified atom stereocenters. The van der Waals surface area contributed by atoms with E-state index in [2.05, 4.69) is 15.9 Å². The monoisotopic (exact) mass is 377 g/mol. The topological polar surface area (TPSA) is 66.8 Å². The third-order valence-electron chi connectivity index (χ3n) is 3.73. The molecule has 1 aliphatic heterocycles. The van der Waals surface area contributed by atoms with E-state index in [4.69, 9.17) is 4.74 Å². The second-order valence-electron chi connectivity index (χ2n) is 5.38. The molecule has 0 bridgehead atoms. The quantitative estimate of drug-likeness (QED) is 0.793. The molecule has 0 amide bonds. The van der Waals surface area contributed by atoms with Crippen LogP contribution < -0.4 is 0 Å². The zero-order valence-corrected chi connectivity index (χ0v) is 14.4. The van der Waals surface area contributed by atoms with E-state index in [0.29, 0.717) is 31.4 Å². The average molecular weight is 378 g/mol. The molecule has 21 heavy (non-hydrogen) atoms. The van der Waals surface area contributed by atoms with Gasteiger partial charge in [0.25, 0.3) is 0 Å². The number of hydrogen-bond donors (Lipinski definition) is 1. The largest absolute Gasteiger partial charge is 0.388 e. The summed E-state index contributed by atoms with van der Waals surface area (Å²) in [5.74, 6) is 0. The zero-order chi connectivity index (χ0) is 15.5. The van der Waals surface area contributed by atoms with Crippen molar-refractivity contribution in [1.29, 1.82) is 0 Å². The molecule has 118 valence electrons. The van der Waals surface area contributed by atoms with E-state index < -0.39 is 15.6 Å². The predicted molar refractivity (Wildman–Crippen MR) is 83.9 cm³/mol. The molecule has 1 fully saturated rings. The van der Waals surface area contributed by atoms with Gasteiger partial charge in [-0.2, -0.15) is 4.31 Å². The highest BCUT2D eigenvalue weighted by molar-refractivity contribution is 9.08. The molecule has 0 radical (unpaired) electrons. The van der Waals surface area contributed by atoms with Crippen LogP contribution in [0.25, 0.3) is 0 Å². The third kappa shape index (κ3) is 4.04. The second kappa shape index (κ2) is 6.75. The molecule has 0 aliphatic carbocycles. The van der Waals surface area contributed by atoms with Gasteiger partial charge in [-0.25, -0.2) is 8.42 Å². The van der Waals surface area contributed by atoms with Crippen molar-refractivity contribution in [2.45, 2.75) is 28.7 Å². The zero-order valence-electron chi connectivity index (χ0n) is 12.0. The molecule has 2 rings (SSSR count). The molecule has 7 heteroatoms. The fourth-order valence-corrected chi connectivity index (χ4v) is 3.96. The minimum absolute atomic E-state index is 0.0822. The lowest BCUT2D eigenvalue weighted by molar-refractivity contribution is -0.0689. The van der Waals surface area contributed by atoms with Crippen molar-refractivity contribution in [3.05, 3.63) is 29.8 Å². The van der Waals surface area contributed by atoms with Gasteiger partial charge in [-0.1, -0.05) is 28.1 Å². The summed E-state index contributed by atoms with van der Waals surface area (Å²) in [6, 6.07) is 6.74. The summed E-state index contributed by atoms with van der Waals surface area (Å²) < 4.78 is 31.5. The fourth-order valence-electron chi connectivity index (χ4n) is 2.34. The van der Waals surface area contributed by atoms with Gasteiger partial charge >= 0.3 is 0 Å². The Balaban J connectivity index is 2.13. The smallest absolute Gasteiger partial charge is 0.242 e. The van der Waals surface area contributed by atoms with E-state index in [-0.39, 0.29) is 11.4 Å². The molecule has 0 spiro atoms. The lowest BCUT2D eigenvalue weighted by atomic mass is 9.95. The second-order valence-corrected chi connectivity index (χ2v) is 7.98. The Bertz CT molecular complexity index is 567. The van der Waals surface area contributed by atoms with Gasteiger partial charge in [-0.15, -0.1) is 0 Å². The van der Waals surface area contributed by atoms with Gasteiger partial charge in [0.05, 0.1) is 10.5 Å². The van der Waals surface area contributed by atoms with Gasteiger partial charge in [0.2, 0.25) is 10.0 Å². The summed E-state index contributed by atoms with van der Waals surface area (Å²) in [5, 5.41) is 11.1. The van der Waals surface area contributed by atoms with Crippen molar-refractivity contribution >= 4 is 26.0 Å². The Morgan fingerprint density at radius 3 is 2.38 bits per heavy atom. The number of hydrogen-bond acceptors (Lipinski definition) is 4. The molecule has 0 saturated carbocycles. The first-order chi connectivity index (χ1) is 9.87. The number of alkyl halides is 1. The fraction of sp³-hybridized carbons (Fsp3) is 0.571. The number of halogens is 1. The molecule has 1 aromatic carbocycles. The standard InChI is InChI=1S/C14H20BrNO4S/c1-16(11-14(17)6-8-20-9-7-14)21(18,19)13-4-2-12(10-15)3-5-13/h2-5,17H,6-11H2,1H3. The first-order valence-electron chi connectivity index (χ1n) is 6.79. The number of nitrogens with zero attached hydrogens (tertiary/aromatic N) is 1. The lowest BCUT2D eigenvalue weighted by Crippen LogP contribution is -2.47. The predicted octanol–water partition coefficient (Wildman–Crippen LogP) is 1.74. The van der Waals surface area contributed by atoms with Crippen LogP contribution in [0.2, 0.25) is 0 Å². The molecule has 0 aromatic heterocycles. The Hall–Kier alpha value is -0.470. The number of rotatable bonds is 5. The van der Waals surface area contributed by atoms with Crippen LogP contribution in [0, 0.1) is 0 Å². The molecule has 5 nitrogen and oxygen atoms in total. The summed E-state index contributed by atoms with van der Waals surface area (Å²) in [5.41, 5.74) is 0.00948. The number of likely N-dealkylation sites (N-methyl/N-ethyl adjacent to an activating group) is 1. The Morgan fingerprint density at radius 1 is 1.29 bits per heavy atom. The highest BCUT2D eigenvalue weighted by Crippen LogP contribution is 2.24. The van der Waals surface area contributed by atoms with E-state index in [0.717, 1.165) is 5.56 Å². The molecule has 1 N–H and O–H groups in total. The Kier molecular flexibility index (Phi) is 5.43. The van der Waals surface area contributed by atoms with Crippen molar-refractivity contribution in [1.82, 2.24) is 4.31 Å². The number of aliphatic hydroxyl groups is 1. The highest BCUT2D eigenvalue weighted by Gasteiger charge is 2.34. The van der Waals surface area contributed by atoms with Crippen LogP contribution in [-0.2, 0) is 20.1 Å². The maximum Gasteiger partial charge on any atom is 0.242 e. The minimum Gasteiger partial charge on any atom is -0.388 e. The van der Waals surface area contributed by atoms with E-state index in [1.54, 1.807) is 24.3 Å². The van der Waals surface area contributed by atoms with Crippen molar-refractivity contribution in [2.24, 2.45) is 0 Å². The van der Waals surface area contributed by atoms with Crippen LogP contribution in [0.3, 0.4) is 0 Å². The van der Waals surface area contributed by atoms with Gasteiger partial charge in [-0.3, -0.25) is 0 Å². The van der Waals surface area contributed by atoms with Crippen molar-refractivity contribution < 1.29 is 18.3 Å². The van der Waals surface area contributed by atoms with Crippen molar-refractivity contribution in [3.8, 4) is 0 Å². The molecule has 1 aliphatic rings. The van der Waals surface area contributed by atoms with E-state index >= 15 is 0 Å². The third-order valence-corrected chi connectivity index (χ3v) is 6.19. The van der Waals surface area contributed by atoms with E-state index in [1.807, 2.05) is 0 Å². The van der Waals surface area contributed by atoms with Crippen LogP contribution in [0.4, 0.5) is 0 Å². The number of benzene rings is 1. The molecule has 1 saturated heterocycles. The Labute approximate surface area is 134 Å². The summed E-state index contributed by atoms with van der Waals surface area (Å²) in [6.07, 6.45) is 0.908. The van der Waals surface area contributed by atoms with Gasteiger partial charge in [0.15, 0.2) is 0 Å². The summed E-state index contributed by atoms with van der Waals surface area (Å²) in [4.78, 5) is 0.241. The first-order valence-corrected chi connectivity index (χ1v) is 9.35. The van der Waals surface area contributed by atoms with E-state index in [9.17, 15) is 13.5 Å². The average Bonchev–Trinajstić information content (AvgIpc) is 2.47. The minimum atomic E-state index is -3.58. The van der Waals surface area contributed by atoms with Crippen LogP contribution in [0.15, 0.2) is 29.2 Å². The molecule has 1 aromatic rings. The highest BCUT2D eigenvalue weighted by atomic mass is 79.9. The van der Waals surface area contributed by atoms with Gasteiger partial charge in [0, 0.05) is 45.0 Å². The van der Waals surface area contributed by atoms with Crippen molar-refractivity contribution in [3.63, 3.8) is 0 Å². The maximum absolute atomic E-state index is 12.5. The van der Waals surface area contributed by atoms with E-state index in [1.165, 1.54) is 11.4 Å². The Morgan fingerprint density at radius 2 is 1.86 bits per heavy atom. The summed E-state index contributed by atoms with van der Waals surface area (Å²) in [6.45, 7) is 1.01. The van der Waals surface area contributed by atoms with Gasteiger partial charge in [0.1, 0.15) is 0 Å². The van der Waals surface area contributed by atoms with Crippen LogP contribution in [-0.4, -0.2) is 50.2 Å². The summed E-state index contributed by atoms with van der Waals surface area (Å²) >= 11 is 3.33. The maximum atomic E-state index is 12.5. The van der Waals surface area contributed by atoms with Crippen LogP contribution in [0.5, 0.6) is 0 Å². The van der Waals surface area contributed by atoms with Crippen LogP contribution in [0.1, 0.15) is 18.4 Å².